The fourth-order valence-corrected chi connectivity index (χ4v) is 5.48. The first-order valence-corrected chi connectivity index (χ1v) is 13.6. The summed E-state index contributed by atoms with van der Waals surface area (Å²) in [5, 5.41) is 6.27. The van der Waals surface area contributed by atoms with Crippen LogP contribution in [0.25, 0.3) is 0 Å². The van der Waals surface area contributed by atoms with Crippen molar-refractivity contribution < 1.29 is 13.9 Å². The Balaban J connectivity index is 1.31. The Hall–Kier alpha value is -3.99. The summed E-state index contributed by atoms with van der Waals surface area (Å²) < 4.78 is 11.6. The standard InChI is InChI=1S/C34H38N2O3/c1-22-18-27-28(34(4,5)17-16-33(27,2)3)20-23(22)19-26-13-15-30(39-26)32(37)36-29-14-12-25(21-31(29)38-6)35-24-10-8-7-9-11-24/h7-15,18,20-21,35H,16-17,19H2,1-6H3,(H,36,37). The predicted molar refractivity (Wildman–Crippen MR) is 159 cm³/mol. The molecule has 4 aromatic rings. The van der Waals surface area contributed by atoms with Crippen molar-refractivity contribution in [3.63, 3.8) is 0 Å². The maximum Gasteiger partial charge on any atom is 0.291 e. The summed E-state index contributed by atoms with van der Waals surface area (Å²) in [4.78, 5) is 13.1. The predicted octanol–water partition coefficient (Wildman–Crippen LogP) is 8.53. The van der Waals surface area contributed by atoms with Gasteiger partial charge in [0.15, 0.2) is 5.76 Å². The molecule has 0 saturated carbocycles. The lowest BCUT2D eigenvalue weighted by molar-refractivity contribution is 0.0994. The van der Waals surface area contributed by atoms with Gasteiger partial charge in [-0.1, -0.05) is 58.0 Å². The van der Waals surface area contributed by atoms with Gasteiger partial charge >= 0.3 is 0 Å². The van der Waals surface area contributed by atoms with E-state index in [4.69, 9.17) is 9.15 Å². The SMILES string of the molecule is COc1cc(Nc2ccccc2)ccc1NC(=O)c1ccc(Cc2cc3c(cc2C)C(C)(C)CCC3(C)C)o1. The number of carbonyl (C=O) groups excluding carboxylic acids is 1. The van der Waals surface area contributed by atoms with Gasteiger partial charge in [0, 0.05) is 23.9 Å². The van der Waals surface area contributed by atoms with E-state index in [9.17, 15) is 4.79 Å². The van der Waals surface area contributed by atoms with E-state index >= 15 is 0 Å². The zero-order chi connectivity index (χ0) is 27.8. The largest absolute Gasteiger partial charge is 0.494 e. The van der Waals surface area contributed by atoms with E-state index in [2.05, 4.69) is 57.4 Å². The third kappa shape index (κ3) is 5.58. The van der Waals surface area contributed by atoms with E-state index in [-0.39, 0.29) is 22.5 Å². The molecule has 2 N–H and O–H groups in total. The van der Waals surface area contributed by atoms with Crippen molar-refractivity contribution in [2.45, 2.75) is 64.7 Å². The molecule has 1 amide bonds. The molecule has 0 atom stereocenters. The zero-order valence-electron chi connectivity index (χ0n) is 23.8. The molecule has 0 bridgehead atoms. The molecule has 5 nitrogen and oxygen atoms in total. The third-order valence-corrected chi connectivity index (χ3v) is 8.07. The highest BCUT2D eigenvalue weighted by molar-refractivity contribution is 6.03. The molecule has 1 heterocycles. The Kier molecular flexibility index (Phi) is 7.02. The maximum absolute atomic E-state index is 13.1. The summed E-state index contributed by atoms with van der Waals surface area (Å²) in [7, 11) is 1.59. The minimum atomic E-state index is -0.312. The monoisotopic (exact) mass is 522 g/mol. The number of hydrogen-bond acceptors (Lipinski definition) is 4. The smallest absolute Gasteiger partial charge is 0.291 e. The zero-order valence-corrected chi connectivity index (χ0v) is 23.8. The Morgan fingerprint density at radius 1 is 0.872 bits per heavy atom. The van der Waals surface area contributed by atoms with Gasteiger partial charge in [-0.05, 0) is 89.2 Å². The number of para-hydroxylation sites is 1. The van der Waals surface area contributed by atoms with Gasteiger partial charge in [-0.3, -0.25) is 4.79 Å². The second-order valence-electron chi connectivity index (χ2n) is 11.9. The molecular weight excluding hydrogens is 484 g/mol. The van der Waals surface area contributed by atoms with Crippen LogP contribution in [0.15, 0.2) is 77.2 Å². The van der Waals surface area contributed by atoms with Crippen molar-refractivity contribution in [2.75, 3.05) is 17.7 Å². The fraction of sp³-hybridized carbons (Fsp3) is 0.324. The molecule has 39 heavy (non-hydrogen) atoms. The lowest BCUT2D eigenvalue weighted by Crippen LogP contribution is -2.34. The second kappa shape index (κ2) is 10.3. The first kappa shape index (κ1) is 26.6. The number of methoxy groups -OCH3 is 1. The number of anilines is 3. The molecule has 0 spiro atoms. The van der Waals surface area contributed by atoms with Crippen LogP contribution in [0.2, 0.25) is 0 Å². The van der Waals surface area contributed by atoms with Gasteiger partial charge in [0.1, 0.15) is 11.5 Å². The van der Waals surface area contributed by atoms with Crippen LogP contribution >= 0.6 is 0 Å². The van der Waals surface area contributed by atoms with Gasteiger partial charge in [-0.25, -0.2) is 0 Å². The summed E-state index contributed by atoms with van der Waals surface area (Å²) in [5.74, 6) is 1.29. The van der Waals surface area contributed by atoms with Gasteiger partial charge in [0.25, 0.3) is 5.91 Å². The molecule has 0 fully saturated rings. The van der Waals surface area contributed by atoms with Crippen molar-refractivity contribution in [2.24, 2.45) is 0 Å². The topological polar surface area (TPSA) is 63.5 Å². The van der Waals surface area contributed by atoms with Crippen molar-refractivity contribution >= 4 is 23.0 Å². The number of ether oxygens (including phenoxy) is 1. The van der Waals surface area contributed by atoms with E-state index in [0.717, 1.165) is 17.1 Å². The second-order valence-corrected chi connectivity index (χ2v) is 11.9. The van der Waals surface area contributed by atoms with Crippen molar-refractivity contribution in [1.29, 1.82) is 0 Å². The van der Waals surface area contributed by atoms with Crippen molar-refractivity contribution in [3.05, 3.63) is 107 Å². The van der Waals surface area contributed by atoms with E-state index in [1.807, 2.05) is 54.6 Å². The fourth-order valence-electron chi connectivity index (χ4n) is 5.48. The third-order valence-electron chi connectivity index (χ3n) is 8.07. The number of benzene rings is 3. The minimum absolute atomic E-state index is 0.146. The minimum Gasteiger partial charge on any atom is -0.494 e. The summed E-state index contributed by atoms with van der Waals surface area (Å²) in [5.41, 5.74) is 8.13. The van der Waals surface area contributed by atoms with Gasteiger partial charge < -0.3 is 19.8 Å². The highest BCUT2D eigenvalue weighted by Crippen LogP contribution is 2.46. The van der Waals surface area contributed by atoms with Crippen LogP contribution in [0.4, 0.5) is 17.1 Å². The van der Waals surface area contributed by atoms with Crippen LogP contribution in [-0.2, 0) is 17.3 Å². The Morgan fingerprint density at radius 3 is 2.26 bits per heavy atom. The normalized spacial score (nSPS) is 15.3. The number of carbonyl (C=O) groups is 1. The Labute approximate surface area is 231 Å². The van der Waals surface area contributed by atoms with E-state index in [0.29, 0.717) is 17.9 Å². The van der Waals surface area contributed by atoms with E-state index in [1.165, 1.54) is 35.1 Å². The van der Waals surface area contributed by atoms with Gasteiger partial charge in [-0.2, -0.15) is 0 Å². The van der Waals surface area contributed by atoms with Gasteiger partial charge in [-0.15, -0.1) is 0 Å². The number of hydrogen-bond donors (Lipinski definition) is 2. The van der Waals surface area contributed by atoms with E-state index < -0.39 is 0 Å². The Morgan fingerprint density at radius 2 is 1.56 bits per heavy atom. The summed E-state index contributed by atoms with van der Waals surface area (Å²) in [6, 6.07) is 23.8. The molecule has 0 unspecified atom stereocenters. The average molecular weight is 523 g/mol. The number of aryl methyl sites for hydroxylation is 1. The van der Waals surface area contributed by atoms with Crippen molar-refractivity contribution in [3.8, 4) is 5.75 Å². The number of rotatable bonds is 7. The number of furan rings is 1. The lowest BCUT2D eigenvalue weighted by Gasteiger charge is -2.42. The number of nitrogens with one attached hydrogen (secondary N) is 2. The van der Waals surface area contributed by atoms with Crippen LogP contribution in [-0.4, -0.2) is 13.0 Å². The molecule has 202 valence electrons. The molecule has 5 heteroatoms. The van der Waals surface area contributed by atoms with Crippen LogP contribution in [0.1, 0.15) is 79.1 Å². The molecule has 0 saturated heterocycles. The van der Waals surface area contributed by atoms with Crippen molar-refractivity contribution in [1.82, 2.24) is 0 Å². The Bertz CT molecular complexity index is 1500. The van der Waals surface area contributed by atoms with Gasteiger partial charge in [0.05, 0.1) is 12.8 Å². The first-order valence-electron chi connectivity index (χ1n) is 13.6. The highest BCUT2D eigenvalue weighted by atomic mass is 16.5. The molecule has 1 aliphatic carbocycles. The van der Waals surface area contributed by atoms with Crippen LogP contribution in [0.3, 0.4) is 0 Å². The van der Waals surface area contributed by atoms with E-state index in [1.54, 1.807) is 13.2 Å². The van der Waals surface area contributed by atoms with Crippen LogP contribution < -0.4 is 15.4 Å². The molecule has 3 aromatic carbocycles. The van der Waals surface area contributed by atoms with Crippen LogP contribution in [0, 0.1) is 6.92 Å². The number of fused-ring (bicyclic) bond motifs is 1. The molecule has 1 aliphatic rings. The highest BCUT2D eigenvalue weighted by Gasteiger charge is 2.37. The number of amides is 1. The molecular formula is C34H38N2O3. The molecule has 0 radical (unpaired) electrons. The summed E-state index contributed by atoms with van der Waals surface area (Å²) >= 11 is 0. The maximum atomic E-state index is 13.1. The molecule has 0 aliphatic heterocycles. The van der Waals surface area contributed by atoms with Gasteiger partial charge in [0.2, 0.25) is 0 Å². The summed E-state index contributed by atoms with van der Waals surface area (Å²) in [6.45, 7) is 11.6. The molecule has 5 rings (SSSR count). The molecule has 1 aromatic heterocycles. The summed E-state index contributed by atoms with van der Waals surface area (Å²) in [6.07, 6.45) is 3.01. The van der Waals surface area contributed by atoms with Crippen LogP contribution in [0.5, 0.6) is 5.75 Å². The quantitative estimate of drug-likeness (QED) is 0.255. The lowest BCUT2D eigenvalue weighted by atomic mass is 9.62. The first-order chi connectivity index (χ1) is 18.6. The average Bonchev–Trinajstić information content (AvgIpc) is 3.38.